The zero-order valence-electron chi connectivity index (χ0n) is 11.4. The van der Waals surface area contributed by atoms with Gasteiger partial charge in [0.1, 0.15) is 5.75 Å². The van der Waals surface area contributed by atoms with Crippen LogP contribution in [0.4, 0.5) is 0 Å². The minimum atomic E-state index is 0.559. The predicted molar refractivity (Wildman–Crippen MR) is 80.6 cm³/mol. The molecule has 3 nitrogen and oxygen atoms in total. The van der Waals surface area contributed by atoms with Crippen LogP contribution in [0.5, 0.6) is 5.75 Å². The molecule has 1 aliphatic heterocycles. The minimum absolute atomic E-state index is 0.559. The lowest BCUT2D eigenvalue weighted by atomic mass is 9.93. The van der Waals surface area contributed by atoms with Gasteiger partial charge in [0.25, 0.3) is 0 Å². The van der Waals surface area contributed by atoms with Crippen LogP contribution in [-0.4, -0.2) is 32.4 Å². The molecule has 1 aliphatic rings. The van der Waals surface area contributed by atoms with Gasteiger partial charge >= 0.3 is 0 Å². The summed E-state index contributed by atoms with van der Waals surface area (Å²) in [5.74, 6) is 1.49. The molecule has 0 bridgehead atoms. The van der Waals surface area contributed by atoms with Crippen molar-refractivity contribution in [2.24, 2.45) is 5.92 Å². The molecule has 0 spiro atoms. The van der Waals surface area contributed by atoms with Gasteiger partial charge in [0, 0.05) is 23.0 Å². The largest absolute Gasteiger partial charge is 0.494 e. The van der Waals surface area contributed by atoms with Crippen LogP contribution in [0.25, 0.3) is 0 Å². The van der Waals surface area contributed by atoms with Crippen molar-refractivity contribution >= 4 is 15.9 Å². The van der Waals surface area contributed by atoms with Crippen LogP contribution in [0.2, 0.25) is 0 Å². The molecule has 1 aromatic carbocycles. The van der Waals surface area contributed by atoms with Crippen LogP contribution >= 0.6 is 15.9 Å². The van der Waals surface area contributed by atoms with Gasteiger partial charge < -0.3 is 14.8 Å². The molecule has 0 aliphatic carbocycles. The number of ether oxygens (including phenoxy) is 2. The molecule has 0 amide bonds. The summed E-state index contributed by atoms with van der Waals surface area (Å²) < 4.78 is 12.4. The molecule has 1 heterocycles. The third-order valence-corrected chi connectivity index (χ3v) is 4.04. The summed E-state index contributed by atoms with van der Waals surface area (Å²) in [6, 6.07) is 8.56. The van der Waals surface area contributed by atoms with Gasteiger partial charge in [0.2, 0.25) is 0 Å². The van der Waals surface area contributed by atoms with Crippen molar-refractivity contribution in [3.05, 3.63) is 28.7 Å². The van der Waals surface area contributed by atoms with Crippen LogP contribution < -0.4 is 10.1 Å². The normalized spacial score (nSPS) is 23.3. The summed E-state index contributed by atoms with van der Waals surface area (Å²) in [4.78, 5) is 0. The highest BCUT2D eigenvalue weighted by molar-refractivity contribution is 9.10. The molecule has 2 unspecified atom stereocenters. The topological polar surface area (TPSA) is 30.5 Å². The Kier molecular flexibility index (Phi) is 6.14. The zero-order chi connectivity index (χ0) is 13.5. The number of hydrogen-bond donors (Lipinski definition) is 1. The summed E-state index contributed by atoms with van der Waals surface area (Å²) in [5, 5.41) is 3.55. The van der Waals surface area contributed by atoms with E-state index in [1.165, 1.54) is 0 Å². The van der Waals surface area contributed by atoms with E-state index in [1.54, 1.807) is 0 Å². The fourth-order valence-corrected chi connectivity index (χ4v) is 2.74. The second-order valence-corrected chi connectivity index (χ2v) is 5.79. The monoisotopic (exact) mass is 327 g/mol. The van der Waals surface area contributed by atoms with Crippen molar-refractivity contribution < 1.29 is 9.47 Å². The van der Waals surface area contributed by atoms with E-state index in [4.69, 9.17) is 9.47 Å². The van der Waals surface area contributed by atoms with E-state index in [1.807, 2.05) is 24.3 Å². The Morgan fingerprint density at radius 1 is 1.37 bits per heavy atom. The highest BCUT2D eigenvalue weighted by Gasteiger charge is 2.24. The molecular weight excluding hydrogens is 306 g/mol. The molecular formula is C15H22BrNO2. The van der Waals surface area contributed by atoms with E-state index in [0.29, 0.717) is 12.0 Å². The average Bonchev–Trinajstić information content (AvgIpc) is 2.43. The molecule has 0 radical (unpaired) electrons. The maximum absolute atomic E-state index is 5.79. The first-order valence-electron chi connectivity index (χ1n) is 6.99. The highest BCUT2D eigenvalue weighted by Crippen LogP contribution is 2.20. The van der Waals surface area contributed by atoms with Gasteiger partial charge in [-0.2, -0.15) is 0 Å². The second kappa shape index (κ2) is 7.88. The highest BCUT2D eigenvalue weighted by atomic mass is 79.9. The maximum atomic E-state index is 5.79. The van der Waals surface area contributed by atoms with Crippen molar-refractivity contribution in [1.29, 1.82) is 0 Å². The molecule has 1 N–H and O–H groups in total. The molecule has 19 heavy (non-hydrogen) atoms. The third-order valence-electron chi connectivity index (χ3n) is 3.51. The molecule has 2 rings (SSSR count). The van der Waals surface area contributed by atoms with E-state index >= 15 is 0 Å². The van der Waals surface area contributed by atoms with E-state index < -0.39 is 0 Å². The van der Waals surface area contributed by atoms with Gasteiger partial charge in [-0.05, 0) is 43.7 Å². The standard InChI is InChI=1S/C15H22BrNO2/c1-2-17-15-8-9-18-11-12(15)7-10-19-14-5-3-13(16)4-6-14/h3-6,12,15,17H,2,7-11H2,1H3. The number of nitrogens with one attached hydrogen (secondary N) is 1. The molecule has 106 valence electrons. The van der Waals surface area contributed by atoms with Crippen molar-refractivity contribution in [2.75, 3.05) is 26.4 Å². The van der Waals surface area contributed by atoms with E-state index in [-0.39, 0.29) is 0 Å². The van der Waals surface area contributed by atoms with E-state index in [0.717, 1.165) is 49.4 Å². The van der Waals surface area contributed by atoms with E-state index in [9.17, 15) is 0 Å². The Bertz CT molecular complexity index is 367. The van der Waals surface area contributed by atoms with E-state index in [2.05, 4.69) is 28.2 Å². The van der Waals surface area contributed by atoms with Crippen LogP contribution in [0, 0.1) is 5.92 Å². The zero-order valence-corrected chi connectivity index (χ0v) is 13.0. The molecule has 0 saturated carbocycles. The maximum Gasteiger partial charge on any atom is 0.119 e. The first-order valence-corrected chi connectivity index (χ1v) is 7.78. The first-order chi connectivity index (χ1) is 9.29. The van der Waals surface area contributed by atoms with Gasteiger partial charge in [-0.15, -0.1) is 0 Å². The minimum Gasteiger partial charge on any atom is -0.494 e. The Hall–Kier alpha value is -0.580. The summed E-state index contributed by atoms with van der Waals surface area (Å²) in [7, 11) is 0. The molecule has 4 heteroatoms. The number of hydrogen-bond acceptors (Lipinski definition) is 3. The van der Waals surface area contributed by atoms with Gasteiger partial charge in [-0.3, -0.25) is 0 Å². The fraction of sp³-hybridized carbons (Fsp3) is 0.600. The van der Waals surface area contributed by atoms with Gasteiger partial charge in [0.05, 0.1) is 13.2 Å². The quantitative estimate of drug-likeness (QED) is 0.870. The Balaban J connectivity index is 1.75. The van der Waals surface area contributed by atoms with Crippen LogP contribution in [0.1, 0.15) is 19.8 Å². The first kappa shape index (κ1) is 14.8. The molecule has 1 saturated heterocycles. The van der Waals surface area contributed by atoms with Crippen LogP contribution in [0.15, 0.2) is 28.7 Å². The lowest BCUT2D eigenvalue weighted by Gasteiger charge is -2.32. The van der Waals surface area contributed by atoms with Crippen LogP contribution in [-0.2, 0) is 4.74 Å². The van der Waals surface area contributed by atoms with Crippen molar-refractivity contribution in [3.8, 4) is 5.75 Å². The summed E-state index contributed by atoms with van der Waals surface area (Å²) in [6.45, 7) is 5.65. The van der Waals surface area contributed by atoms with Crippen molar-refractivity contribution in [1.82, 2.24) is 5.32 Å². The summed E-state index contributed by atoms with van der Waals surface area (Å²) in [6.07, 6.45) is 2.14. The summed E-state index contributed by atoms with van der Waals surface area (Å²) in [5.41, 5.74) is 0. The molecule has 2 atom stereocenters. The fourth-order valence-electron chi connectivity index (χ4n) is 2.47. The Morgan fingerprint density at radius 2 is 2.16 bits per heavy atom. The second-order valence-electron chi connectivity index (χ2n) is 4.88. The van der Waals surface area contributed by atoms with Crippen molar-refractivity contribution in [2.45, 2.75) is 25.8 Å². The lowest BCUT2D eigenvalue weighted by Crippen LogP contribution is -2.43. The van der Waals surface area contributed by atoms with Crippen molar-refractivity contribution in [3.63, 3.8) is 0 Å². The lowest BCUT2D eigenvalue weighted by molar-refractivity contribution is 0.0241. The number of benzene rings is 1. The third kappa shape index (κ3) is 4.79. The summed E-state index contributed by atoms with van der Waals surface area (Å²) >= 11 is 3.42. The smallest absolute Gasteiger partial charge is 0.119 e. The SMILES string of the molecule is CCNC1CCOCC1CCOc1ccc(Br)cc1. The van der Waals surface area contributed by atoms with Gasteiger partial charge in [-0.1, -0.05) is 22.9 Å². The Labute approximate surface area is 123 Å². The van der Waals surface area contributed by atoms with Gasteiger partial charge in [-0.25, -0.2) is 0 Å². The average molecular weight is 328 g/mol. The Morgan fingerprint density at radius 3 is 2.89 bits per heavy atom. The molecule has 1 fully saturated rings. The predicted octanol–water partition coefficient (Wildman–Crippen LogP) is 3.23. The number of halogens is 1. The van der Waals surface area contributed by atoms with Crippen LogP contribution in [0.3, 0.4) is 0 Å². The molecule has 1 aromatic rings. The molecule has 0 aromatic heterocycles. The number of rotatable bonds is 6. The van der Waals surface area contributed by atoms with Gasteiger partial charge in [0.15, 0.2) is 0 Å².